The van der Waals surface area contributed by atoms with Crippen LogP contribution in [0.5, 0.6) is 0 Å². The van der Waals surface area contributed by atoms with E-state index in [1.54, 1.807) is 41.3 Å². The van der Waals surface area contributed by atoms with Gasteiger partial charge >= 0.3 is 6.09 Å². The van der Waals surface area contributed by atoms with E-state index >= 15 is 0 Å². The zero-order valence-electron chi connectivity index (χ0n) is 20.6. The molecule has 12 heteroatoms. The highest BCUT2D eigenvalue weighted by Crippen LogP contribution is 2.15. The number of morpholine rings is 1. The second-order valence-corrected chi connectivity index (χ2v) is 10.5. The molecule has 0 saturated carbocycles. The Bertz CT molecular complexity index is 1280. The molecule has 0 aliphatic carbocycles. The minimum atomic E-state index is -2.88. The van der Waals surface area contributed by atoms with Crippen LogP contribution >= 0.6 is 0 Å². The number of para-hydroxylation sites is 2. The van der Waals surface area contributed by atoms with Gasteiger partial charge in [-0.3, -0.25) is 9.59 Å². The van der Waals surface area contributed by atoms with Gasteiger partial charge in [0.15, 0.2) is 22.0 Å². The van der Waals surface area contributed by atoms with E-state index in [0.717, 1.165) is 5.56 Å². The SMILES string of the molecule is CC(NC(=O)OCC(=O)N1CCOCC1)C(=O)c1nc2ccccc2o1.CS(=O)(=O)Cc1ccccc1. The number of fused-ring (bicyclic) bond motifs is 1. The van der Waals surface area contributed by atoms with Gasteiger partial charge in [0.25, 0.3) is 11.8 Å². The predicted molar refractivity (Wildman–Crippen MR) is 135 cm³/mol. The van der Waals surface area contributed by atoms with E-state index in [1.807, 2.05) is 18.2 Å². The third-order valence-electron chi connectivity index (χ3n) is 5.19. The summed E-state index contributed by atoms with van der Waals surface area (Å²) in [4.78, 5) is 41.7. The number of rotatable bonds is 7. The topological polar surface area (TPSA) is 145 Å². The molecule has 2 heterocycles. The number of nitrogens with one attached hydrogen (secondary N) is 1. The molecule has 1 aliphatic heterocycles. The van der Waals surface area contributed by atoms with E-state index in [2.05, 4.69) is 10.3 Å². The number of amides is 2. The molecule has 0 bridgehead atoms. The van der Waals surface area contributed by atoms with E-state index in [9.17, 15) is 22.8 Å². The smallest absolute Gasteiger partial charge is 0.408 e. The standard InChI is InChI=1S/C17H19N3O6.C8H10O2S/c1-11(15(22)16-19-12-4-2-3-5-13(12)26-16)18-17(23)25-10-14(21)20-6-8-24-9-7-20;1-11(9,10)7-8-5-3-2-4-6-8/h2-5,11H,6-10H2,1H3,(H,18,23);2-6H,7H2,1H3. The van der Waals surface area contributed by atoms with Crippen molar-refractivity contribution in [3.05, 3.63) is 66.1 Å². The molecule has 1 N–H and O–H groups in total. The van der Waals surface area contributed by atoms with Crippen molar-refractivity contribution in [3.63, 3.8) is 0 Å². The molecule has 198 valence electrons. The lowest BCUT2D eigenvalue weighted by Gasteiger charge is -2.26. The summed E-state index contributed by atoms with van der Waals surface area (Å²) < 4.78 is 37.0. The Morgan fingerprint density at radius 2 is 1.70 bits per heavy atom. The number of Topliss-reactive ketones (excluding diaryl/α,β-unsaturated/α-hetero) is 1. The van der Waals surface area contributed by atoms with Crippen LogP contribution in [-0.2, 0) is 29.9 Å². The van der Waals surface area contributed by atoms with Gasteiger partial charge in [-0.05, 0) is 24.6 Å². The molecule has 1 unspecified atom stereocenters. The normalized spacial score (nSPS) is 14.3. The summed E-state index contributed by atoms with van der Waals surface area (Å²) in [6.07, 6.45) is 0.378. The number of ether oxygens (including phenoxy) is 2. The van der Waals surface area contributed by atoms with Crippen LogP contribution in [0.15, 0.2) is 59.0 Å². The lowest BCUT2D eigenvalue weighted by molar-refractivity contribution is -0.138. The summed E-state index contributed by atoms with van der Waals surface area (Å²) in [7, 11) is -2.88. The largest absolute Gasteiger partial charge is 0.439 e. The molecule has 3 aromatic rings. The molecular formula is C25H29N3O8S. The number of benzene rings is 2. The monoisotopic (exact) mass is 531 g/mol. The van der Waals surface area contributed by atoms with E-state index in [1.165, 1.54) is 13.2 Å². The minimum absolute atomic E-state index is 0.0941. The highest BCUT2D eigenvalue weighted by atomic mass is 32.2. The van der Waals surface area contributed by atoms with Gasteiger partial charge in [0.05, 0.1) is 25.0 Å². The van der Waals surface area contributed by atoms with Crippen LogP contribution in [0, 0.1) is 0 Å². The number of oxazole rings is 1. The fourth-order valence-electron chi connectivity index (χ4n) is 3.36. The van der Waals surface area contributed by atoms with Crippen LogP contribution in [0.2, 0.25) is 0 Å². The van der Waals surface area contributed by atoms with E-state index < -0.39 is 34.4 Å². The van der Waals surface area contributed by atoms with Gasteiger partial charge in [0.2, 0.25) is 5.78 Å². The lowest BCUT2D eigenvalue weighted by Crippen LogP contribution is -2.44. The number of carbonyl (C=O) groups excluding carboxylic acids is 3. The van der Waals surface area contributed by atoms with Crippen LogP contribution in [0.25, 0.3) is 11.1 Å². The van der Waals surface area contributed by atoms with Crippen molar-refractivity contribution in [2.45, 2.75) is 18.7 Å². The van der Waals surface area contributed by atoms with E-state index in [-0.39, 0.29) is 17.6 Å². The Morgan fingerprint density at radius 1 is 1.05 bits per heavy atom. The molecular weight excluding hydrogens is 502 g/mol. The Labute approximate surface area is 214 Å². The molecule has 1 saturated heterocycles. The summed E-state index contributed by atoms with van der Waals surface area (Å²) in [5.74, 6) is -0.754. The van der Waals surface area contributed by atoms with Gasteiger partial charge in [-0.1, -0.05) is 42.5 Å². The number of carbonyl (C=O) groups is 3. The molecule has 37 heavy (non-hydrogen) atoms. The minimum Gasteiger partial charge on any atom is -0.439 e. The molecule has 0 spiro atoms. The van der Waals surface area contributed by atoms with Crippen molar-refractivity contribution in [3.8, 4) is 0 Å². The number of hydrogen-bond acceptors (Lipinski definition) is 9. The van der Waals surface area contributed by atoms with Crippen LogP contribution in [-0.4, -0.2) is 81.3 Å². The predicted octanol–water partition coefficient (Wildman–Crippen LogP) is 2.22. The number of hydrogen-bond donors (Lipinski definition) is 1. The molecule has 4 rings (SSSR count). The first-order valence-electron chi connectivity index (χ1n) is 11.5. The molecule has 0 radical (unpaired) electrons. The third-order valence-corrected chi connectivity index (χ3v) is 6.05. The summed E-state index contributed by atoms with van der Waals surface area (Å²) in [5, 5.41) is 2.37. The van der Waals surface area contributed by atoms with Crippen molar-refractivity contribution in [2.24, 2.45) is 0 Å². The van der Waals surface area contributed by atoms with E-state index in [4.69, 9.17) is 13.9 Å². The Kier molecular flexibility index (Phi) is 9.75. The lowest BCUT2D eigenvalue weighted by atomic mass is 10.2. The van der Waals surface area contributed by atoms with Crippen molar-refractivity contribution in [1.82, 2.24) is 15.2 Å². The maximum Gasteiger partial charge on any atom is 0.408 e. The molecule has 1 aliphatic rings. The first-order valence-corrected chi connectivity index (χ1v) is 13.6. The van der Waals surface area contributed by atoms with Crippen molar-refractivity contribution in [2.75, 3.05) is 39.2 Å². The van der Waals surface area contributed by atoms with Crippen LogP contribution in [0.4, 0.5) is 4.79 Å². The molecule has 11 nitrogen and oxygen atoms in total. The number of ketones is 1. The first-order chi connectivity index (χ1) is 17.6. The number of nitrogens with zero attached hydrogens (tertiary/aromatic N) is 2. The number of alkyl carbamates (subject to hydrolysis) is 1. The fraction of sp³-hybridized carbons (Fsp3) is 0.360. The van der Waals surface area contributed by atoms with Crippen LogP contribution in [0.1, 0.15) is 23.2 Å². The Balaban J connectivity index is 0.000000289. The highest BCUT2D eigenvalue weighted by molar-refractivity contribution is 7.89. The van der Waals surface area contributed by atoms with Crippen LogP contribution in [0.3, 0.4) is 0 Å². The Hall–Kier alpha value is -3.77. The molecule has 1 fully saturated rings. The van der Waals surface area contributed by atoms with Crippen molar-refractivity contribution in [1.29, 1.82) is 0 Å². The molecule has 2 amide bonds. The quantitative estimate of drug-likeness (QED) is 0.454. The van der Waals surface area contributed by atoms with Gasteiger partial charge in [0.1, 0.15) is 5.52 Å². The Morgan fingerprint density at radius 3 is 2.35 bits per heavy atom. The highest BCUT2D eigenvalue weighted by Gasteiger charge is 2.24. The van der Waals surface area contributed by atoms with Crippen LogP contribution < -0.4 is 5.32 Å². The van der Waals surface area contributed by atoms with Gasteiger partial charge in [-0.25, -0.2) is 18.2 Å². The van der Waals surface area contributed by atoms with E-state index in [0.29, 0.717) is 37.4 Å². The summed E-state index contributed by atoms with van der Waals surface area (Å²) in [5.41, 5.74) is 1.89. The first kappa shape index (κ1) is 27.8. The summed E-state index contributed by atoms with van der Waals surface area (Å²) in [6, 6.07) is 15.2. The van der Waals surface area contributed by atoms with Gasteiger partial charge in [-0.2, -0.15) is 0 Å². The third kappa shape index (κ3) is 8.99. The summed E-state index contributed by atoms with van der Waals surface area (Å²) >= 11 is 0. The van der Waals surface area contributed by atoms with Crippen molar-refractivity contribution < 1.29 is 36.7 Å². The number of sulfone groups is 1. The molecule has 2 aromatic carbocycles. The van der Waals surface area contributed by atoms with Gasteiger partial charge in [0, 0.05) is 19.3 Å². The molecule has 1 aromatic heterocycles. The fourth-order valence-corrected chi connectivity index (χ4v) is 4.15. The van der Waals surface area contributed by atoms with Gasteiger partial charge in [-0.15, -0.1) is 0 Å². The molecule has 1 atom stereocenters. The zero-order valence-corrected chi connectivity index (χ0v) is 21.4. The number of aromatic nitrogens is 1. The second kappa shape index (κ2) is 13.0. The maximum atomic E-state index is 12.3. The average Bonchev–Trinajstić information content (AvgIpc) is 3.31. The summed E-state index contributed by atoms with van der Waals surface area (Å²) in [6.45, 7) is 2.96. The second-order valence-electron chi connectivity index (χ2n) is 8.34. The van der Waals surface area contributed by atoms with Crippen molar-refractivity contribution >= 4 is 38.7 Å². The maximum absolute atomic E-state index is 12.3. The zero-order chi connectivity index (χ0) is 26.8. The average molecular weight is 532 g/mol. The van der Waals surface area contributed by atoms with Gasteiger partial charge < -0.3 is 24.1 Å².